The fraction of sp³-hybridized carbons (Fsp3) is 0.364. The number of rotatable bonds is 1. The van der Waals surface area contributed by atoms with Crippen LogP contribution in [0.5, 0.6) is 0 Å². The number of alkyl halides is 1. The molecule has 0 amide bonds. The van der Waals surface area contributed by atoms with Gasteiger partial charge in [0.05, 0.1) is 17.4 Å². The lowest BCUT2D eigenvalue weighted by molar-refractivity contribution is 0.636. The highest BCUT2D eigenvalue weighted by Crippen LogP contribution is 2.32. The molecule has 16 heavy (non-hydrogen) atoms. The maximum absolute atomic E-state index is 13.4. The van der Waals surface area contributed by atoms with Crippen LogP contribution in [0.4, 0.5) is 13.9 Å². The molecule has 2 aromatic rings. The van der Waals surface area contributed by atoms with Crippen LogP contribution in [0.25, 0.3) is 10.2 Å². The number of hydrogen-bond acceptors (Lipinski definition) is 3. The predicted molar refractivity (Wildman–Crippen MR) is 65.1 cm³/mol. The SMILES string of the molecule is CC(C)c1ccc(F)c2sc(N)nc12.CF. The summed E-state index contributed by atoms with van der Waals surface area (Å²) >= 11 is 1.20. The lowest BCUT2D eigenvalue weighted by atomic mass is 10.0. The monoisotopic (exact) mass is 244 g/mol. The summed E-state index contributed by atoms with van der Waals surface area (Å²) in [5, 5.41) is 0.423. The summed E-state index contributed by atoms with van der Waals surface area (Å²) in [5.74, 6) is 0.0956. The van der Waals surface area contributed by atoms with Gasteiger partial charge in [-0.2, -0.15) is 0 Å². The van der Waals surface area contributed by atoms with E-state index in [0.29, 0.717) is 28.4 Å². The van der Waals surface area contributed by atoms with Crippen molar-refractivity contribution in [3.05, 3.63) is 23.5 Å². The molecule has 0 unspecified atom stereocenters. The van der Waals surface area contributed by atoms with E-state index in [1.54, 1.807) is 6.07 Å². The summed E-state index contributed by atoms with van der Waals surface area (Å²) in [6.45, 7) is 4.12. The molecule has 0 aliphatic carbocycles. The number of nitrogens with zero attached hydrogens (tertiary/aromatic N) is 1. The van der Waals surface area contributed by atoms with Crippen molar-refractivity contribution < 1.29 is 8.78 Å². The van der Waals surface area contributed by atoms with E-state index in [0.717, 1.165) is 5.56 Å². The summed E-state index contributed by atoms with van der Waals surface area (Å²) in [4.78, 5) is 4.15. The van der Waals surface area contributed by atoms with Gasteiger partial charge < -0.3 is 5.73 Å². The first-order chi connectivity index (χ1) is 7.59. The molecule has 2 nitrogen and oxygen atoms in total. The molecule has 0 aliphatic heterocycles. The summed E-state index contributed by atoms with van der Waals surface area (Å²) in [7, 11) is 0.500. The molecule has 2 rings (SSSR count). The highest BCUT2D eigenvalue weighted by Gasteiger charge is 2.12. The second kappa shape index (κ2) is 5.21. The zero-order chi connectivity index (χ0) is 12.3. The van der Waals surface area contributed by atoms with Crippen molar-refractivity contribution >= 4 is 26.7 Å². The molecule has 1 aromatic carbocycles. The fourth-order valence-corrected chi connectivity index (χ4v) is 2.25. The van der Waals surface area contributed by atoms with Gasteiger partial charge in [0.25, 0.3) is 0 Å². The zero-order valence-corrected chi connectivity index (χ0v) is 10.2. The Bertz CT molecular complexity index is 480. The van der Waals surface area contributed by atoms with E-state index in [2.05, 4.69) is 18.8 Å². The van der Waals surface area contributed by atoms with Crippen LogP contribution in [0.1, 0.15) is 25.3 Å². The maximum Gasteiger partial charge on any atom is 0.181 e. The molecule has 0 spiro atoms. The van der Waals surface area contributed by atoms with E-state index in [9.17, 15) is 8.78 Å². The Morgan fingerprint density at radius 1 is 1.31 bits per heavy atom. The number of benzene rings is 1. The normalized spacial score (nSPS) is 10.4. The molecule has 0 atom stereocenters. The summed E-state index contributed by atoms with van der Waals surface area (Å²) < 4.78 is 23.4. The van der Waals surface area contributed by atoms with Gasteiger partial charge in [-0.25, -0.2) is 9.37 Å². The van der Waals surface area contributed by atoms with Crippen molar-refractivity contribution in [1.82, 2.24) is 4.98 Å². The van der Waals surface area contributed by atoms with Crippen LogP contribution < -0.4 is 5.73 Å². The van der Waals surface area contributed by atoms with Crippen LogP contribution in [0.3, 0.4) is 0 Å². The second-order valence-corrected chi connectivity index (χ2v) is 4.55. The number of halogens is 2. The molecule has 1 heterocycles. The molecular weight excluding hydrogens is 230 g/mol. The number of nitrogens with two attached hydrogens (primary N) is 1. The molecule has 0 fully saturated rings. The van der Waals surface area contributed by atoms with Crippen LogP contribution in [-0.2, 0) is 0 Å². The Labute approximate surface area is 97.1 Å². The Morgan fingerprint density at radius 2 is 1.94 bits per heavy atom. The Balaban J connectivity index is 0.000000606. The van der Waals surface area contributed by atoms with E-state index in [1.165, 1.54) is 17.4 Å². The van der Waals surface area contributed by atoms with E-state index in [1.807, 2.05) is 0 Å². The molecule has 0 radical (unpaired) electrons. The summed E-state index contributed by atoms with van der Waals surface area (Å²) in [5.41, 5.74) is 7.33. The summed E-state index contributed by atoms with van der Waals surface area (Å²) in [6, 6.07) is 3.26. The maximum atomic E-state index is 13.4. The lowest BCUT2D eigenvalue weighted by Gasteiger charge is -2.05. The number of fused-ring (bicyclic) bond motifs is 1. The quantitative estimate of drug-likeness (QED) is 0.830. The van der Waals surface area contributed by atoms with E-state index >= 15 is 0 Å². The van der Waals surface area contributed by atoms with Gasteiger partial charge in [-0.1, -0.05) is 31.3 Å². The van der Waals surface area contributed by atoms with E-state index in [-0.39, 0.29) is 5.82 Å². The summed E-state index contributed by atoms with van der Waals surface area (Å²) in [6.07, 6.45) is 0. The average molecular weight is 244 g/mol. The van der Waals surface area contributed by atoms with E-state index in [4.69, 9.17) is 5.73 Å². The standard InChI is InChI=1S/C10H11FN2S.CH3F/c1-5(2)6-3-4-7(11)9-8(6)13-10(12)14-9;1-2/h3-5H,1-2H3,(H2,12,13);1H3. The van der Waals surface area contributed by atoms with E-state index < -0.39 is 0 Å². The van der Waals surface area contributed by atoms with Gasteiger partial charge in [0.1, 0.15) is 5.82 Å². The minimum atomic E-state index is -0.237. The Hall–Kier alpha value is -1.23. The third-order valence-corrected chi connectivity index (χ3v) is 3.06. The third-order valence-electron chi connectivity index (χ3n) is 2.17. The number of hydrogen-bond donors (Lipinski definition) is 1. The molecule has 2 N–H and O–H groups in total. The van der Waals surface area contributed by atoms with Gasteiger partial charge in [-0.15, -0.1) is 0 Å². The van der Waals surface area contributed by atoms with Gasteiger partial charge in [0.15, 0.2) is 5.13 Å². The molecule has 1 aromatic heterocycles. The van der Waals surface area contributed by atoms with Crippen molar-refractivity contribution in [2.24, 2.45) is 0 Å². The smallest absolute Gasteiger partial charge is 0.181 e. The van der Waals surface area contributed by atoms with Crippen LogP contribution in [0.2, 0.25) is 0 Å². The van der Waals surface area contributed by atoms with Crippen LogP contribution in [0.15, 0.2) is 12.1 Å². The molecule has 0 saturated carbocycles. The van der Waals surface area contributed by atoms with Crippen LogP contribution in [0, 0.1) is 5.82 Å². The van der Waals surface area contributed by atoms with Gasteiger partial charge in [0, 0.05) is 0 Å². The topological polar surface area (TPSA) is 38.9 Å². The first-order valence-corrected chi connectivity index (χ1v) is 5.63. The van der Waals surface area contributed by atoms with Crippen molar-refractivity contribution in [2.45, 2.75) is 19.8 Å². The zero-order valence-electron chi connectivity index (χ0n) is 9.42. The van der Waals surface area contributed by atoms with Crippen LogP contribution in [-0.4, -0.2) is 12.2 Å². The van der Waals surface area contributed by atoms with Crippen molar-refractivity contribution in [3.63, 3.8) is 0 Å². The van der Waals surface area contributed by atoms with Gasteiger partial charge >= 0.3 is 0 Å². The molecule has 0 bridgehead atoms. The fourth-order valence-electron chi connectivity index (χ4n) is 1.48. The molecule has 0 saturated heterocycles. The highest BCUT2D eigenvalue weighted by molar-refractivity contribution is 7.22. The van der Waals surface area contributed by atoms with Crippen molar-refractivity contribution in [3.8, 4) is 0 Å². The lowest BCUT2D eigenvalue weighted by Crippen LogP contribution is -1.90. The number of thiazole rings is 1. The highest BCUT2D eigenvalue weighted by atomic mass is 32.1. The van der Waals surface area contributed by atoms with Gasteiger partial charge in [-0.05, 0) is 17.5 Å². The largest absolute Gasteiger partial charge is 0.375 e. The minimum Gasteiger partial charge on any atom is -0.375 e. The van der Waals surface area contributed by atoms with Gasteiger partial charge in [-0.3, -0.25) is 4.39 Å². The minimum absolute atomic E-state index is 0.237. The predicted octanol–water partition coefficient (Wildman–Crippen LogP) is 3.73. The second-order valence-electron chi connectivity index (χ2n) is 3.52. The molecule has 5 heteroatoms. The third kappa shape index (κ3) is 2.29. The molecule has 88 valence electrons. The Morgan fingerprint density at radius 3 is 2.50 bits per heavy atom. The Kier molecular flexibility index (Phi) is 4.18. The number of anilines is 1. The molecular formula is C11H14F2N2S. The number of nitrogen functional groups attached to an aromatic ring is 1. The van der Waals surface area contributed by atoms with Crippen molar-refractivity contribution in [1.29, 1.82) is 0 Å². The average Bonchev–Trinajstić information content (AvgIpc) is 2.63. The van der Waals surface area contributed by atoms with Crippen LogP contribution >= 0.6 is 11.3 Å². The number of aromatic nitrogens is 1. The van der Waals surface area contributed by atoms with Gasteiger partial charge in [0.2, 0.25) is 0 Å². The van der Waals surface area contributed by atoms with Crippen molar-refractivity contribution in [2.75, 3.05) is 12.9 Å². The molecule has 0 aliphatic rings. The first-order valence-electron chi connectivity index (χ1n) is 4.82. The first kappa shape index (κ1) is 12.8.